The number of anilines is 1. The van der Waals surface area contributed by atoms with E-state index in [4.69, 9.17) is 10.5 Å². The maximum absolute atomic E-state index is 15.7. The molecule has 33 heavy (non-hydrogen) atoms. The fraction of sp³-hybridized carbons (Fsp3) is 0.320. The van der Waals surface area contributed by atoms with E-state index in [2.05, 4.69) is 19.9 Å². The van der Waals surface area contributed by atoms with Crippen LogP contribution in [0.4, 0.5) is 14.6 Å². The molecule has 2 N–H and O–H groups in total. The Hall–Kier alpha value is -3.39. The molecule has 6 rings (SSSR count). The molecule has 2 saturated heterocycles. The highest BCUT2D eigenvalue weighted by molar-refractivity contribution is 5.99. The monoisotopic (exact) mass is 447 g/mol. The summed E-state index contributed by atoms with van der Waals surface area (Å²) in [6.07, 6.45) is 5.88. The van der Waals surface area contributed by atoms with Gasteiger partial charge in [0.15, 0.2) is 5.82 Å². The number of halogens is 2. The van der Waals surface area contributed by atoms with E-state index in [1.165, 1.54) is 12.3 Å². The van der Waals surface area contributed by atoms with E-state index in [9.17, 15) is 4.39 Å². The third-order valence-electron chi connectivity index (χ3n) is 7.08. The van der Waals surface area contributed by atoms with Crippen LogP contribution in [0.3, 0.4) is 0 Å². The Morgan fingerprint density at radius 3 is 2.58 bits per heavy atom. The van der Waals surface area contributed by atoms with Crippen molar-refractivity contribution in [3.05, 3.63) is 54.2 Å². The van der Waals surface area contributed by atoms with Gasteiger partial charge in [0.05, 0.1) is 10.9 Å². The Morgan fingerprint density at radius 2 is 1.79 bits per heavy atom. The molecular formula is C25H23F2N5O. The van der Waals surface area contributed by atoms with Crippen molar-refractivity contribution in [2.45, 2.75) is 31.2 Å². The molecule has 4 aromatic rings. The van der Waals surface area contributed by atoms with E-state index in [1.54, 1.807) is 30.3 Å². The molecule has 0 unspecified atom stereocenters. The van der Waals surface area contributed by atoms with Gasteiger partial charge < -0.3 is 10.5 Å². The molecule has 0 saturated carbocycles. The van der Waals surface area contributed by atoms with E-state index in [0.717, 1.165) is 38.8 Å². The van der Waals surface area contributed by atoms with Gasteiger partial charge in [0, 0.05) is 17.1 Å². The molecule has 2 aromatic heterocycles. The van der Waals surface area contributed by atoms with Crippen molar-refractivity contribution in [2.75, 3.05) is 25.4 Å². The van der Waals surface area contributed by atoms with Crippen molar-refractivity contribution in [1.29, 1.82) is 0 Å². The number of hydrogen-bond acceptors (Lipinski definition) is 6. The number of nitrogen functional groups attached to an aromatic ring is 1. The number of benzene rings is 2. The molecule has 0 atom stereocenters. The van der Waals surface area contributed by atoms with Crippen molar-refractivity contribution < 1.29 is 13.5 Å². The Morgan fingerprint density at radius 1 is 1.03 bits per heavy atom. The maximum Gasteiger partial charge on any atom is 0.319 e. The molecule has 0 bridgehead atoms. The summed E-state index contributed by atoms with van der Waals surface area (Å²) in [6, 6.07) is 9.99. The first-order valence-electron chi connectivity index (χ1n) is 11.2. The Bertz CT molecular complexity index is 1380. The molecule has 4 heterocycles. The van der Waals surface area contributed by atoms with E-state index in [-0.39, 0.29) is 28.6 Å². The average Bonchev–Trinajstić information content (AvgIpc) is 3.39. The molecule has 2 aliphatic rings. The largest absolute Gasteiger partial charge is 0.461 e. The minimum absolute atomic E-state index is 0.00943. The molecule has 0 spiro atoms. The number of nitrogens with zero attached hydrogens (tertiary/aromatic N) is 4. The van der Waals surface area contributed by atoms with Crippen LogP contribution in [0.25, 0.3) is 32.9 Å². The lowest BCUT2D eigenvalue weighted by molar-refractivity contribution is 0.108. The Balaban J connectivity index is 1.42. The van der Waals surface area contributed by atoms with Crippen LogP contribution in [0.1, 0.15) is 25.7 Å². The number of hydrogen-bond donors (Lipinski definition) is 1. The van der Waals surface area contributed by atoms with Crippen LogP contribution in [-0.4, -0.2) is 45.1 Å². The van der Waals surface area contributed by atoms with E-state index >= 15 is 4.39 Å². The Kier molecular flexibility index (Phi) is 4.65. The molecule has 0 aliphatic carbocycles. The van der Waals surface area contributed by atoms with Gasteiger partial charge in [-0.3, -0.25) is 9.88 Å². The number of ether oxygens (including phenoxy) is 1. The summed E-state index contributed by atoms with van der Waals surface area (Å²) in [6.45, 7) is 2.61. The van der Waals surface area contributed by atoms with Crippen molar-refractivity contribution in [3.63, 3.8) is 0 Å². The molecular weight excluding hydrogens is 424 g/mol. The smallest absolute Gasteiger partial charge is 0.319 e. The summed E-state index contributed by atoms with van der Waals surface area (Å²) in [5, 5.41) is 1.27. The lowest BCUT2D eigenvalue weighted by Crippen LogP contribution is -2.43. The van der Waals surface area contributed by atoms with Gasteiger partial charge >= 0.3 is 6.01 Å². The minimum atomic E-state index is -0.677. The summed E-state index contributed by atoms with van der Waals surface area (Å²) in [4.78, 5) is 15.3. The molecule has 2 aliphatic heterocycles. The number of pyridine rings is 1. The molecule has 0 radical (unpaired) electrons. The summed E-state index contributed by atoms with van der Waals surface area (Å²) in [5.74, 6) is -1.01. The van der Waals surface area contributed by atoms with Crippen LogP contribution in [0.5, 0.6) is 6.01 Å². The SMILES string of the molecule is Nc1nc(OCC23CCCN2CCC3)nc2c(F)c(-c3cccc4cccc(F)c34)ncc12. The molecule has 2 fully saturated rings. The second kappa shape index (κ2) is 7.59. The van der Waals surface area contributed by atoms with Gasteiger partial charge in [-0.15, -0.1) is 0 Å². The number of rotatable bonds is 4. The lowest BCUT2D eigenvalue weighted by atomic mass is 9.95. The van der Waals surface area contributed by atoms with E-state index in [1.807, 2.05) is 0 Å². The highest BCUT2D eigenvalue weighted by Gasteiger charge is 2.45. The van der Waals surface area contributed by atoms with Gasteiger partial charge in [0.25, 0.3) is 0 Å². The van der Waals surface area contributed by atoms with Gasteiger partial charge in [0.2, 0.25) is 0 Å². The third-order valence-corrected chi connectivity index (χ3v) is 7.08. The second-order valence-electron chi connectivity index (χ2n) is 8.93. The maximum atomic E-state index is 15.7. The zero-order valence-corrected chi connectivity index (χ0v) is 18.0. The molecule has 0 amide bonds. The van der Waals surface area contributed by atoms with Gasteiger partial charge in [0.1, 0.15) is 29.5 Å². The summed E-state index contributed by atoms with van der Waals surface area (Å²) in [5.41, 5.74) is 6.51. The first kappa shape index (κ1) is 20.2. The van der Waals surface area contributed by atoms with Crippen LogP contribution in [0.2, 0.25) is 0 Å². The van der Waals surface area contributed by atoms with Crippen molar-refractivity contribution in [1.82, 2.24) is 19.9 Å². The predicted octanol–water partition coefficient (Wildman–Crippen LogP) is 4.71. The fourth-order valence-corrected chi connectivity index (χ4v) is 5.46. The summed E-state index contributed by atoms with van der Waals surface area (Å²) >= 11 is 0. The van der Waals surface area contributed by atoms with Crippen LogP contribution < -0.4 is 10.5 Å². The molecule has 8 heteroatoms. The highest BCUT2D eigenvalue weighted by Crippen LogP contribution is 2.39. The van der Waals surface area contributed by atoms with Gasteiger partial charge in [-0.1, -0.05) is 30.3 Å². The summed E-state index contributed by atoms with van der Waals surface area (Å²) < 4.78 is 36.4. The van der Waals surface area contributed by atoms with Crippen LogP contribution >= 0.6 is 0 Å². The van der Waals surface area contributed by atoms with Crippen LogP contribution in [-0.2, 0) is 0 Å². The second-order valence-corrected chi connectivity index (χ2v) is 8.93. The molecule has 6 nitrogen and oxygen atoms in total. The van der Waals surface area contributed by atoms with Crippen molar-refractivity contribution in [2.24, 2.45) is 0 Å². The average molecular weight is 447 g/mol. The van der Waals surface area contributed by atoms with Crippen molar-refractivity contribution in [3.8, 4) is 17.3 Å². The minimum Gasteiger partial charge on any atom is -0.461 e. The van der Waals surface area contributed by atoms with Crippen LogP contribution in [0, 0.1) is 11.6 Å². The molecule has 2 aromatic carbocycles. The highest BCUT2D eigenvalue weighted by atomic mass is 19.1. The third kappa shape index (κ3) is 3.20. The van der Waals surface area contributed by atoms with Gasteiger partial charge in [-0.2, -0.15) is 9.97 Å². The molecule has 168 valence electrons. The predicted molar refractivity (Wildman–Crippen MR) is 123 cm³/mol. The Labute approximate surface area is 189 Å². The summed E-state index contributed by atoms with van der Waals surface area (Å²) in [7, 11) is 0. The van der Waals surface area contributed by atoms with Gasteiger partial charge in [-0.05, 0) is 50.2 Å². The lowest BCUT2D eigenvalue weighted by Gasteiger charge is -2.31. The van der Waals surface area contributed by atoms with E-state index in [0.29, 0.717) is 28.3 Å². The van der Waals surface area contributed by atoms with Crippen LogP contribution in [0.15, 0.2) is 42.6 Å². The number of aromatic nitrogens is 3. The first-order valence-corrected chi connectivity index (χ1v) is 11.2. The topological polar surface area (TPSA) is 77.2 Å². The van der Waals surface area contributed by atoms with E-state index < -0.39 is 11.6 Å². The zero-order chi connectivity index (χ0) is 22.6. The first-order chi connectivity index (χ1) is 16.1. The standard InChI is InChI=1S/C25H23F2N5O/c26-18-8-2-6-15-5-1-7-16(19(15)18)21-20(27)22-17(13-29-21)23(28)31-24(30-22)33-14-25-9-3-11-32(25)12-4-10-25/h1-2,5-8,13H,3-4,9-12,14H2,(H2,28,30,31). The van der Waals surface area contributed by atoms with Crippen molar-refractivity contribution >= 4 is 27.5 Å². The quantitative estimate of drug-likeness (QED) is 0.488. The van der Waals surface area contributed by atoms with Gasteiger partial charge in [-0.25, -0.2) is 8.78 Å². The zero-order valence-electron chi connectivity index (χ0n) is 18.0. The number of fused-ring (bicyclic) bond motifs is 3. The fourth-order valence-electron chi connectivity index (χ4n) is 5.46. The number of nitrogens with two attached hydrogens (primary N) is 1. The normalized spacial score (nSPS) is 17.6.